The Balaban J connectivity index is 4.11. The van der Waals surface area contributed by atoms with Gasteiger partial charge in [0, 0.05) is 13.0 Å². The molecule has 2 heteroatoms. The minimum Gasteiger partial charge on any atom is -0.356 e. The highest BCUT2D eigenvalue weighted by molar-refractivity contribution is 5.76. The fourth-order valence-electron chi connectivity index (χ4n) is 2.38. The molecular formula is C15H31NO. The molecule has 102 valence electrons. The zero-order valence-electron chi connectivity index (χ0n) is 12.7. The Labute approximate surface area is 108 Å². The van der Waals surface area contributed by atoms with Gasteiger partial charge in [0.25, 0.3) is 0 Å². The monoisotopic (exact) mass is 241 g/mol. The molecule has 0 rings (SSSR count). The summed E-state index contributed by atoms with van der Waals surface area (Å²) in [7, 11) is 0. The lowest BCUT2D eigenvalue weighted by Crippen LogP contribution is -2.32. The summed E-state index contributed by atoms with van der Waals surface area (Å²) in [6.07, 6.45) is 5.10. The Morgan fingerprint density at radius 1 is 1.06 bits per heavy atom. The summed E-state index contributed by atoms with van der Waals surface area (Å²) in [6, 6.07) is 0. The van der Waals surface area contributed by atoms with Gasteiger partial charge in [-0.05, 0) is 23.7 Å². The van der Waals surface area contributed by atoms with Crippen molar-refractivity contribution in [2.45, 2.75) is 73.6 Å². The molecule has 0 aromatic heterocycles. The molecule has 0 aromatic rings. The first-order valence-electron chi connectivity index (χ1n) is 6.99. The maximum absolute atomic E-state index is 11.8. The third-order valence-corrected chi connectivity index (χ3v) is 3.41. The molecule has 0 aliphatic rings. The van der Waals surface area contributed by atoms with E-state index in [1.807, 2.05) is 0 Å². The summed E-state index contributed by atoms with van der Waals surface area (Å²) in [5, 5.41) is 3.00. The van der Waals surface area contributed by atoms with Crippen molar-refractivity contribution in [2.24, 2.45) is 10.8 Å². The van der Waals surface area contributed by atoms with E-state index in [1.165, 1.54) is 0 Å². The zero-order valence-corrected chi connectivity index (χ0v) is 12.7. The quantitative estimate of drug-likeness (QED) is 0.636. The van der Waals surface area contributed by atoms with Crippen LogP contribution in [0.15, 0.2) is 0 Å². The van der Waals surface area contributed by atoms with Crippen molar-refractivity contribution in [2.75, 3.05) is 6.54 Å². The molecule has 0 aromatic carbocycles. The summed E-state index contributed by atoms with van der Waals surface area (Å²) >= 11 is 0. The van der Waals surface area contributed by atoms with Gasteiger partial charge in [-0.25, -0.2) is 0 Å². The van der Waals surface area contributed by atoms with Gasteiger partial charge in [0.1, 0.15) is 0 Å². The van der Waals surface area contributed by atoms with Gasteiger partial charge in [0.15, 0.2) is 0 Å². The number of carbonyl (C=O) groups excluding carboxylic acids is 1. The fraction of sp³-hybridized carbons (Fsp3) is 0.933. The Hall–Kier alpha value is -0.530. The zero-order chi connectivity index (χ0) is 13.5. The smallest absolute Gasteiger partial charge is 0.220 e. The summed E-state index contributed by atoms with van der Waals surface area (Å²) < 4.78 is 0. The molecule has 0 atom stereocenters. The third kappa shape index (κ3) is 8.23. The van der Waals surface area contributed by atoms with Crippen molar-refractivity contribution in [1.29, 1.82) is 0 Å². The minimum absolute atomic E-state index is 0.0931. The maximum atomic E-state index is 11.8. The van der Waals surface area contributed by atoms with Crippen LogP contribution in [0.3, 0.4) is 0 Å². The van der Waals surface area contributed by atoms with Crippen molar-refractivity contribution < 1.29 is 4.79 Å². The second kappa shape index (κ2) is 7.03. The lowest BCUT2D eigenvalue weighted by Gasteiger charge is -2.34. The van der Waals surface area contributed by atoms with Crippen molar-refractivity contribution in [3.8, 4) is 0 Å². The van der Waals surface area contributed by atoms with Crippen molar-refractivity contribution in [3.63, 3.8) is 0 Å². The van der Waals surface area contributed by atoms with Crippen LogP contribution in [-0.2, 0) is 4.79 Å². The highest BCUT2D eigenvalue weighted by atomic mass is 16.1. The van der Waals surface area contributed by atoms with Gasteiger partial charge in [0.2, 0.25) is 5.91 Å². The van der Waals surface area contributed by atoms with Crippen LogP contribution in [0.5, 0.6) is 0 Å². The Bertz CT molecular complexity index is 231. The van der Waals surface area contributed by atoms with Gasteiger partial charge in [-0.3, -0.25) is 4.79 Å². The number of unbranched alkanes of at least 4 members (excludes halogenated alkanes) is 1. The normalized spacial score (nSPS) is 12.6. The van der Waals surface area contributed by atoms with E-state index in [2.05, 4.69) is 46.9 Å². The summed E-state index contributed by atoms with van der Waals surface area (Å²) in [5.41, 5.74) is 0.420. The van der Waals surface area contributed by atoms with Crippen LogP contribution in [-0.4, -0.2) is 12.5 Å². The van der Waals surface area contributed by atoms with Gasteiger partial charge in [0.05, 0.1) is 0 Å². The Morgan fingerprint density at radius 3 is 2.12 bits per heavy atom. The van der Waals surface area contributed by atoms with Crippen LogP contribution in [0.1, 0.15) is 73.6 Å². The third-order valence-electron chi connectivity index (χ3n) is 3.41. The number of hydrogen-bond acceptors (Lipinski definition) is 1. The standard InChI is InChI=1S/C15H31NO/c1-7-9-10-16-13(17)11-15(5,6)12-14(3,4)8-2/h7-12H2,1-6H3,(H,16,17). The fourth-order valence-corrected chi connectivity index (χ4v) is 2.38. The molecule has 1 N–H and O–H groups in total. The van der Waals surface area contributed by atoms with Crippen LogP contribution in [0.2, 0.25) is 0 Å². The van der Waals surface area contributed by atoms with E-state index in [4.69, 9.17) is 0 Å². The lowest BCUT2D eigenvalue weighted by atomic mass is 9.72. The van der Waals surface area contributed by atoms with Gasteiger partial charge in [-0.15, -0.1) is 0 Å². The van der Waals surface area contributed by atoms with E-state index in [9.17, 15) is 4.79 Å². The van der Waals surface area contributed by atoms with Crippen LogP contribution in [0.25, 0.3) is 0 Å². The highest BCUT2D eigenvalue weighted by Crippen LogP contribution is 2.37. The topological polar surface area (TPSA) is 29.1 Å². The summed E-state index contributed by atoms with van der Waals surface area (Å²) in [5.74, 6) is 0.204. The molecule has 2 nitrogen and oxygen atoms in total. The molecule has 0 aliphatic carbocycles. The first-order chi connectivity index (χ1) is 7.72. The van der Waals surface area contributed by atoms with Gasteiger partial charge >= 0.3 is 0 Å². The molecular weight excluding hydrogens is 210 g/mol. The van der Waals surface area contributed by atoms with Crippen molar-refractivity contribution >= 4 is 5.91 Å². The minimum atomic E-state index is 0.0931. The van der Waals surface area contributed by atoms with Crippen LogP contribution in [0, 0.1) is 10.8 Å². The Kier molecular flexibility index (Phi) is 6.81. The number of carbonyl (C=O) groups is 1. The van der Waals surface area contributed by atoms with E-state index in [1.54, 1.807) is 0 Å². The average molecular weight is 241 g/mol. The molecule has 0 spiro atoms. The predicted molar refractivity (Wildman–Crippen MR) is 75.0 cm³/mol. The molecule has 17 heavy (non-hydrogen) atoms. The predicted octanol–water partition coefficient (Wildman–Crippen LogP) is 4.15. The average Bonchev–Trinajstić information content (AvgIpc) is 2.15. The maximum Gasteiger partial charge on any atom is 0.220 e. The number of nitrogens with one attached hydrogen (secondary N) is 1. The first kappa shape index (κ1) is 16.5. The summed E-state index contributed by atoms with van der Waals surface area (Å²) in [6.45, 7) is 14.1. The molecule has 0 heterocycles. The summed E-state index contributed by atoms with van der Waals surface area (Å²) in [4.78, 5) is 11.8. The molecule has 0 unspecified atom stereocenters. The largest absolute Gasteiger partial charge is 0.356 e. The second-order valence-corrected chi connectivity index (χ2v) is 6.74. The van der Waals surface area contributed by atoms with Crippen LogP contribution in [0.4, 0.5) is 0 Å². The van der Waals surface area contributed by atoms with E-state index < -0.39 is 0 Å². The first-order valence-corrected chi connectivity index (χ1v) is 6.99. The van der Waals surface area contributed by atoms with Gasteiger partial charge < -0.3 is 5.32 Å². The molecule has 0 aliphatic heterocycles. The second-order valence-electron chi connectivity index (χ2n) is 6.74. The van der Waals surface area contributed by atoms with E-state index in [0.717, 1.165) is 32.2 Å². The SMILES string of the molecule is CCCCNC(=O)CC(C)(C)CC(C)(C)CC. The molecule has 0 fully saturated rings. The Morgan fingerprint density at radius 2 is 1.65 bits per heavy atom. The van der Waals surface area contributed by atoms with Crippen LogP contribution < -0.4 is 5.32 Å². The van der Waals surface area contributed by atoms with E-state index >= 15 is 0 Å². The van der Waals surface area contributed by atoms with E-state index in [-0.39, 0.29) is 11.3 Å². The van der Waals surface area contributed by atoms with Crippen molar-refractivity contribution in [1.82, 2.24) is 5.32 Å². The van der Waals surface area contributed by atoms with Crippen LogP contribution >= 0.6 is 0 Å². The number of amides is 1. The van der Waals surface area contributed by atoms with Crippen molar-refractivity contribution in [3.05, 3.63) is 0 Å². The van der Waals surface area contributed by atoms with Gasteiger partial charge in [-0.2, -0.15) is 0 Å². The number of hydrogen-bond donors (Lipinski definition) is 1. The highest BCUT2D eigenvalue weighted by Gasteiger charge is 2.29. The molecule has 0 saturated heterocycles. The van der Waals surface area contributed by atoms with Gasteiger partial charge in [-0.1, -0.05) is 54.4 Å². The van der Waals surface area contributed by atoms with E-state index in [0.29, 0.717) is 11.8 Å². The number of rotatable bonds is 8. The molecule has 0 bridgehead atoms. The lowest BCUT2D eigenvalue weighted by molar-refractivity contribution is -0.123. The molecule has 0 saturated carbocycles. The molecule has 1 amide bonds. The molecule has 0 radical (unpaired) electrons.